The van der Waals surface area contributed by atoms with E-state index in [0.717, 1.165) is 77.0 Å². The molecule has 0 radical (unpaired) electrons. The lowest BCUT2D eigenvalue weighted by atomic mass is 9.73. The number of nitrogens with one attached hydrogen (secondary N) is 1. The number of carbonyl (C=O) groups excluding carboxylic acids is 2. The maximum atomic E-state index is 14.7. The van der Waals surface area contributed by atoms with Gasteiger partial charge >= 0.3 is 0 Å². The maximum Gasteiger partial charge on any atom is 0.258 e. The number of ether oxygens (including phenoxy) is 1. The zero-order chi connectivity index (χ0) is 35.1. The van der Waals surface area contributed by atoms with E-state index in [0.29, 0.717) is 54.6 Å². The molecule has 10 heteroatoms. The minimum atomic E-state index is -0.419. The van der Waals surface area contributed by atoms with Crippen molar-refractivity contribution in [3.63, 3.8) is 0 Å². The lowest BCUT2D eigenvalue weighted by Crippen LogP contribution is -2.59. The maximum absolute atomic E-state index is 14.7. The standard InChI is InChI=1S/C41H39FN4O4S/c1-26-20-33(38(44-23-26)45-24-41(25-45)14-18-50-19-15-41)35(47)6-2-4-27-7-9-28(10-8-27)40(49)46-17-13-29-21-36(32-5-3-16-43-39(32)48)51-37(29)31-12-11-30(42)22-34(31)46/h3,5,7-12,16,20-23H,2,4,6,13-15,17-19,24-25H2,1H3,(H,43,48). The largest absolute Gasteiger partial charge is 0.381 e. The van der Waals surface area contributed by atoms with E-state index in [1.807, 2.05) is 49.5 Å². The highest BCUT2D eigenvalue weighted by atomic mass is 32.1. The fourth-order valence-electron chi connectivity index (χ4n) is 7.69. The van der Waals surface area contributed by atoms with Crippen LogP contribution >= 0.6 is 11.3 Å². The third-order valence-electron chi connectivity index (χ3n) is 10.5. The van der Waals surface area contributed by atoms with Gasteiger partial charge in [-0.1, -0.05) is 12.1 Å². The van der Waals surface area contributed by atoms with Crippen molar-refractivity contribution in [1.29, 1.82) is 0 Å². The van der Waals surface area contributed by atoms with E-state index in [1.165, 1.54) is 23.5 Å². The average Bonchev–Trinajstić information content (AvgIpc) is 3.48. The minimum absolute atomic E-state index is 0.101. The number of aryl methyl sites for hydroxylation is 2. The molecule has 5 aromatic rings. The predicted molar refractivity (Wildman–Crippen MR) is 199 cm³/mol. The summed E-state index contributed by atoms with van der Waals surface area (Å²) in [6, 6.07) is 19.6. The molecular formula is C41H39FN4O4S. The molecule has 0 unspecified atom stereocenters. The van der Waals surface area contributed by atoms with Crippen LogP contribution in [-0.2, 0) is 17.6 Å². The van der Waals surface area contributed by atoms with Gasteiger partial charge in [-0.15, -0.1) is 11.3 Å². The van der Waals surface area contributed by atoms with E-state index in [1.54, 1.807) is 29.3 Å². The van der Waals surface area contributed by atoms with E-state index in [9.17, 15) is 18.8 Å². The van der Waals surface area contributed by atoms with E-state index in [2.05, 4.69) is 14.9 Å². The van der Waals surface area contributed by atoms with Crippen molar-refractivity contribution in [2.75, 3.05) is 42.6 Å². The highest BCUT2D eigenvalue weighted by Crippen LogP contribution is 2.45. The molecule has 3 aliphatic rings. The number of Topliss-reactive ketones (excluding diaryl/α,β-unsaturated/α-hetero) is 1. The van der Waals surface area contributed by atoms with Crippen LogP contribution in [0.5, 0.6) is 0 Å². The van der Waals surface area contributed by atoms with E-state index >= 15 is 0 Å². The summed E-state index contributed by atoms with van der Waals surface area (Å²) in [7, 11) is 0. The van der Waals surface area contributed by atoms with Crippen LogP contribution in [0.3, 0.4) is 0 Å². The summed E-state index contributed by atoms with van der Waals surface area (Å²) in [5.74, 6) is 0.274. The number of H-pyrrole nitrogens is 1. The van der Waals surface area contributed by atoms with Crippen molar-refractivity contribution in [2.24, 2.45) is 5.41 Å². The Bertz CT molecular complexity index is 2180. The Balaban J connectivity index is 0.935. The molecule has 1 amide bonds. The van der Waals surface area contributed by atoms with E-state index in [4.69, 9.17) is 4.74 Å². The van der Waals surface area contributed by atoms with Crippen molar-refractivity contribution in [3.8, 4) is 20.9 Å². The molecule has 2 saturated heterocycles. The summed E-state index contributed by atoms with van der Waals surface area (Å²) in [4.78, 5) is 53.0. The molecule has 8 nitrogen and oxygen atoms in total. The number of rotatable bonds is 8. The van der Waals surface area contributed by atoms with Crippen LogP contribution in [0.25, 0.3) is 20.9 Å². The third kappa shape index (κ3) is 6.54. The van der Waals surface area contributed by atoms with Crippen molar-refractivity contribution in [2.45, 2.75) is 45.4 Å². The van der Waals surface area contributed by atoms with Crippen molar-refractivity contribution >= 4 is 34.5 Å². The number of aromatic amines is 1. The van der Waals surface area contributed by atoms with Gasteiger partial charge in [-0.3, -0.25) is 14.4 Å². The smallest absolute Gasteiger partial charge is 0.258 e. The second-order valence-corrected chi connectivity index (χ2v) is 15.1. The predicted octanol–water partition coefficient (Wildman–Crippen LogP) is 7.64. The quantitative estimate of drug-likeness (QED) is 0.167. The Morgan fingerprint density at radius 2 is 1.82 bits per heavy atom. The van der Waals surface area contributed by atoms with Gasteiger partial charge in [0.05, 0.1) is 16.8 Å². The number of thiophene rings is 1. The normalized spacial score (nSPS) is 16.3. The fraction of sp³-hybridized carbons (Fsp3) is 0.317. The Morgan fingerprint density at radius 3 is 2.61 bits per heavy atom. The number of aromatic nitrogens is 2. The molecular weight excluding hydrogens is 664 g/mol. The summed E-state index contributed by atoms with van der Waals surface area (Å²) < 4.78 is 20.2. The monoisotopic (exact) mass is 702 g/mol. The number of hydrogen-bond acceptors (Lipinski definition) is 7. The number of carbonyl (C=O) groups is 2. The molecule has 0 saturated carbocycles. The molecule has 8 rings (SSSR count). The number of fused-ring (bicyclic) bond motifs is 3. The average molecular weight is 703 g/mol. The number of nitrogens with zero attached hydrogens (tertiary/aromatic N) is 3. The number of benzene rings is 2. The first kappa shape index (κ1) is 33.2. The number of hydrogen-bond donors (Lipinski definition) is 1. The number of ketones is 1. The molecule has 3 aromatic heterocycles. The minimum Gasteiger partial charge on any atom is -0.381 e. The number of halogens is 1. The molecule has 2 fully saturated rings. The van der Waals surface area contributed by atoms with E-state index in [-0.39, 0.29) is 22.7 Å². The van der Waals surface area contributed by atoms with Gasteiger partial charge in [0.25, 0.3) is 11.5 Å². The van der Waals surface area contributed by atoms with Crippen LogP contribution in [-0.4, -0.2) is 54.5 Å². The highest BCUT2D eigenvalue weighted by Gasteiger charge is 2.45. The second-order valence-electron chi connectivity index (χ2n) is 14.1. The number of amides is 1. The van der Waals surface area contributed by atoms with Crippen LogP contribution in [0.1, 0.15) is 63.1 Å². The molecule has 1 spiro atoms. The molecule has 0 aliphatic carbocycles. The molecule has 0 atom stereocenters. The summed E-state index contributed by atoms with van der Waals surface area (Å²) in [6.07, 6.45) is 7.92. The second kappa shape index (κ2) is 13.7. The molecule has 260 valence electrons. The molecule has 2 aromatic carbocycles. The summed E-state index contributed by atoms with van der Waals surface area (Å²) in [6.45, 7) is 5.79. The van der Waals surface area contributed by atoms with Gasteiger partial charge in [0.15, 0.2) is 5.78 Å². The van der Waals surface area contributed by atoms with Gasteiger partial charge in [0.2, 0.25) is 0 Å². The number of anilines is 2. The number of pyridine rings is 2. The summed E-state index contributed by atoms with van der Waals surface area (Å²) >= 11 is 1.48. The third-order valence-corrected chi connectivity index (χ3v) is 11.8. The first-order chi connectivity index (χ1) is 24.8. The topological polar surface area (TPSA) is 95.6 Å². The van der Waals surface area contributed by atoms with Crippen molar-refractivity contribution in [3.05, 3.63) is 123 Å². The SMILES string of the molecule is Cc1cnc(N2CC3(CCOCC3)C2)c(C(=O)CCCc2ccc(C(=O)N3CCc4cc(-c5ccc[nH]c5=O)sc4-c4ccc(F)cc43)cc2)c1. The zero-order valence-electron chi connectivity index (χ0n) is 28.5. The molecule has 6 heterocycles. The van der Waals surface area contributed by atoms with Crippen molar-refractivity contribution in [1.82, 2.24) is 9.97 Å². The van der Waals surface area contributed by atoms with Gasteiger partial charge in [-0.2, -0.15) is 0 Å². The highest BCUT2D eigenvalue weighted by molar-refractivity contribution is 7.19. The Labute approximate surface area is 299 Å². The Hall–Kier alpha value is -4.93. The summed E-state index contributed by atoms with van der Waals surface area (Å²) in [5.41, 5.74) is 6.25. The van der Waals surface area contributed by atoms with Gasteiger partial charge in [0.1, 0.15) is 11.6 Å². The first-order valence-electron chi connectivity index (χ1n) is 17.6. The Morgan fingerprint density at radius 1 is 1.02 bits per heavy atom. The lowest BCUT2D eigenvalue weighted by Gasteiger charge is -2.53. The van der Waals surface area contributed by atoms with Crippen LogP contribution in [0.4, 0.5) is 15.9 Å². The van der Waals surface area contributed by atoms with Crippen LogP contribution in [0.2, 0.25) is 0 Å². The van der Waals surface area contributed by atoms with Gasteiger partial charge in [-0.25, -0.2) is 9.37 Å². The first-order valence-corrected chi connectivity index (χ1v) is 18.4. The fourth-order valence-corrected chi connectivity index (χ4v) is 8.95. The van der Waals surface area contributed by atoms with Crippen LogP contribution in [0.15, 0.2) is 83.9 Å². The molecule has 3 aliphatic heterocycles. The van der Waals surface area contributed by atoms with Crippen LogP contribution in [0, 0.1) is 18.2 Å². The zero-order valence-corrected chi connectivity index (χ0v) is 29.4. The van der Waals surface area contributed by atoms with Gasteiger partial charge < -0.3 is 19.5 Å². The molecule has 51 heavy (non-hydrogen) atoms. The molecule has 1 N–H and O–H groups in total. The summed E-state index contributed by atoms with van der Waals surface area (Å²) in [5, 5.41) is 0. The van der Waals surface area contributed by atoms with Gasteiger partial charge in [0, 0.05) is 78.0 Å². The van der Waals surface area contributed by atoms with Gasteiger partial charge in [-0.05, 0) is 110 Å². The lowest BCUT2D eigenvalue weighted by molar-refractivity contribution is -0.000515. The van der Waals surface area contributed by atoms with E-state index < -0.39 is 5.82 Å². The molecule has 0 bridgehead atoms. The van der Waals surface area contributed by atoms with Crippen molar-refractivity contribution < 1.29 is 18.7 Å². The van der Waals surface area contributed by atoms with Crippen LogP contribution < -0.4 is 15.4 Å². The Kier molecular flexibility index (Phi) is 8.90.